The summed E-state index contributed by atoms with van der Waals surface area (Å²) in [5.41, 5.74) is 6.22. The molecule has 0 aliphatic carbocycles. The van der Waals surface area contributed by atoms with Crippen molar-refractivity contribution in [3.63, 3.8) is 0 Å². The van der Waals surface area contributed by atoms with E-state index in [4.69, 9.17) is 5.73 Å². The molecule has 1 fully saturated rings. The summed E-state index contributed by atoms with van der Waals surface area (Å²) < 4.78 is 2.28. The number of aliphatic imine (C=N–C) groups is 1. The molecule has 2 aromatic heterocycles. The van der Waals surface area contributed by atoms with Crippen molar-refractivity contribution in [2.24, 2.45) is 10.7 Å². The Morgan fingerprint density at radius 3 is 2.74 bits per heavy atom. The Hall–Kier alpha value is -1.43. The van der Waals surface area contributed by atoms with Gasteiger partial charge >= 0.3 is 0 Å². The molecule has 0 aromatic carbocycles. The number of hydrogen-bond acceptors (Lipinski definition) is 6. The van der Waals surface area contributed by atoms with Crippen LogP contribution in [-0.2, 0) is 19.4 Å². The molecule has 0 spiro atoms. The normalized spacial score (nSPS) is 18.0. The van der Waals surface area contributed by atoms with Crippen molar-refractivity contribution in [1.82, 2.24) is 24.6 Å². The average molecular weight is 502 g/mol. The van der Waals surface area contributed by atoms with E-state index in [-0.39, 0.29) is 24.0 Å². The summed E-state index contributed by atoms with van der Waals surface area (Å²) in [5, 5.41) is 11.8. The zero-order valence-electron chi connectivity index (χ0n) is 15.5. The first kappa shape index (κ1) is 20.3. The van der Waals surface area contributed by atoms with Crippen molar-refractivity contribution in [1.29, 1.82) is 0 Å². The van der Waals surface area contributed by atoms with Crippen LogP contribution in [0.5, 0.6) is 0 Å². The number of guanidine groups is 1. The third-order valence-electron chi connectivity index (χ3n) is 5.09. The molecule has 27 heavy (non-hydrogen) atoms. The molecule has 1 saturated heterocycles. The first-order valence-electron chi connectivity index (χ1n) is 9.41. The van der Waals surface area contributed by atoms with Crippen LogP contribution in [0.3, 0.4) is 0 Å². The van der Waals surface area contributed by atoms with Crippen molar-refractivity contribution in [3.05, 3.63) is 23.2 Å². The molecule has 0 atom stereocenters. The van der Waals surface area contributed by atoms with Gasteiger partial charge in [-0.05, 0) is 12.8 Å². The van der Waals surface area contributed by atoms with Gasteiger partial charge in [-0.3, -0.25) is 4.99 Å². The molecule has 0 saturated carbocycles. The first-order valence-corrected chi connectivity index (χ1v) is 10.3. The van der Waals surface area contributed by atoms with Gasteiger partial charge in [-0.25, -0.2) is 4.98 Å². The number of aryl methyl sites for hydroxylation is 1. The number of piperazine rings is 1. The molecule has 4 rings (SSSR count). The molecule has 8 nitrogen and oxygen atoms in total. The van der Waals surface area contributed by atoms with E-state index in [1.807, 2.05) is 11.6 Å². The van der Waals surface area contributed by atoms with Crippen molar-refractivity contribution >= 4 is 46.4 Å². The van der Waals surface area contributed by atoms with Crippen LogP contribution in [-0.4, -0.2) is 63.3 Å². The maximum Gasteiger partial charge on any atom is 0.191 e. The predicted octanol–water partition coefficient (Wildman–Crippen LogP) is 1.76. The van der Waals surface area contributed by atoms with Gasteiger partial charge in [0.25, 0.3) is 0 Å². The van der Waals surface area contributed by atoms with E-state index >= 15 is 0 Å². The number of halogens is 1. The van der Waals surface area contributed by atoms with Gasteiger partial charge in [-0.1, -0.05) is 6.42 Å². The van der Waals surface area contributed by atoms with Crippen molar-refractivity contribution in [3.8, 4) is 0 Å². The van der Waals surface area contributed by atoms with Crippen molar-refractivity contribution in [2.45, 2.75) is 38.6 Å². The number of fused-ring (bicyclic) bond motifs is 1. The number of thiazole rings is 1. The standard InChI is InChI=1S/C17H26N8S.HI/c18-16(23-9-11-24(12-10-23)17-20-7-13-26-17)19-6-5-15-22-21-14-4-2-1-3-8-25(14)15;/h7,13H,1-6,8-12H2,(H2,18,19);1H. The molecule has 4 heterocycles. The molecule has 0 unspecified atom stereocenters. The third kappa shape index (κ3) is 4.89. The molecule has 2 aliphatic heterocycles. The lowest BCUT2D eigenvalue weighted by atomic mass is 10.2. The Balaban J connectivity index is 0.00000210. The molecule has 148 valence electrons. The second kappa shape index (κ2) is 9.67. The Morgan fingerprint density at radius 2 is 1.96 bits per heavy atom. The minimum atomic E-state index is 0. The largest absolute Gasteiger partial charge is 0.370 e. The third-order valence-corrected chi connectivity index (χ3v) is 5.92. The molecular formula is C17H27IN8S. The summed E-state index contributed by atoms with van der Waals surface area (Å²) in [6.07, 6.45) is 7.41. The first-order chi connectivity index (χ1) is 12.8. The van der Waals surface area contributed by atoms with Crippen molar-refractivity contribution in [2.75, 3.05) is 37.6 Å². The van der Waals surface area contributed by atoms with Gasteiger partial charge < -0.3 is 20.1 Å². The van der Waals surface area contributed by atoms with Crippen LogP contribution in [0, 0.1) is 0 Å². The number of anilines is 1. The smallest absolute Gasteiger partial charge is 0.191 e. The van der Waals surface area contributed by atoms with E-state index in [0.29, 0.717) is 12.5 Å². The molecular weight excluding hydrogens is 475 g/mol. The maximum atomic E-state index is 6.22. The lowest BCUT2D eigenvalue weighted by Gasteiger charge is -2.35. The topological polar surface area (TPSA) is 88.5 Å². The molecule has 0 bridgehead atoms. The van der Waals surface area contributed by atoms with E-state index in [0.717, 1.165) is 62.3 Å². The number of nitrogens with zero attached hydrogens (tertiary/aromatic N) is 7. The van der Waals surface area contributed by atoms with Crippen molar-refractivity contribution < 1.29 is 0 Å². The molecule has 2 N–H and O–H groups in total. The molecule has 2 aromatic rings. The zero-order chi connectivity index (χ0) is 17.8. The predicted molar refractivity (Wildman–Crippen MR) is 119 cm³/mol. The highest BCUT2D eigenvalue weighted by atomic mass is 127. The molecule has 2 aliphatic rings. The van der Waals surface area contributed by atoms with Gasteiger partial charge in [0.05, 0.1) is 0 Å². The SMILES string of the molecule is I.NC(=NCCc1nnc2n1CCCCC2)N1CCN(c2nccs2)CC1. The van der Waals surface area contributed by atoms with E-state index in [2.05, 4.69) is 34.5 Å². The minimum Gasteiger partial charge on any atom is -0.370 e. The van der Waals surface area contributed by atoms with E-state index in [1.54, 1.807) is 11.3 Å². The lowest BCUT2D eigenvalue weighted by Crippen LogP contribution is -2.51. The van der Waals surface area contributed by atoms with Crippen LogP contribution in [0.2, 0.25) is 0 Å². The Bertz CT molecular complexity index is 736. The average Bonchev–Trinajstić information content (AvgIpc) is 3.27. The van der Waals surface area contributed by atoms with Gasteiger partial charge in [0.2, 0.25) is 0 Å². The summed E-state index contributed by atoms with van der Waals surface area (Å²) in [6, 6.07) is 0. The van der Waals surface area contributed by atoms with Crippen LogP contribution in [0.25, 0.3) is 0 Å². The summed E-state index contributed by atoms with van der Waals surface area (Å²) >= 11 is 1.68. The number of rotatable bonds is 4. The van der Waals surface area contributed by atoms with Crippen LogP contribution >= 0.6 is 35.3 Å². The highest BCUT2D eigenvalue weighted by molar-refractivity contribution is 14.0. The van der Waals surface area contributed by atoms with Gasteiger partial charge in [-0.2, -0.15) is 0 Å². The van der Waals surface area contributed by atoms with Crippen LogP contribution < -0.4 is 10.6 Å². The summed E-state index contributed by atoms with van der Waals surface area (Å²) in [7, 11) is 0. The number of aromatic nitrogens is 4. The molecule has 0 amide bonds. The fourth-order valence-electron chi connectivity index (χ4n) is 3.60. The van der Waals surface area contributed by atoms with Gasteiger partial charge in [0, 0.05) is 63.7 Å². The highest BCUT2D eigenvalue weighted by Crippen LogP contribution is 2.19. The molecule has 10 heteroatoms. The monoisotopic (exact) mass is 502 g/mol. The maximum absolute atomic E-state index is 6.22. The Kier molecular flexibility index (Phi) is 7.27. The van der Waals surface area contributed by atoms with E-state index in [1.165, 1.54) is 19.3 Å². The van der Waals surface area contributed by atoms with E-state index in [9.17, 15) is 0 Å². The zero-order valence-corrected chi connectivity index (χ0v) is 18.6. The van der Waals surface area contributed by atoms with Crippen LogP contribution in [0.4, 0.5) is 5.13 Å². The lowest BCUT2D eigenvalue weighted by molar-refractivity contribution is 0.380. The van der Waals surface area contributed by atoms with E-state index < -0.39 is 0 Å². The summed E-state index contributed by atoms with van der Waals surface area (Å²) in [6.45, 7) is 5.33. The van der Waals surface area contributed by atoms with Gasteiger partial charge in [-0.15, -0.1) is 45.5 Å². The fraction of sp³-hybridized carbons (Fsp3) is 0.647. The van der Waals surface area contributed by atoms with Crippen LogP contribution in [0.15, 0.2) is 16.6 Å². The summed E-state index contributed by atoms with van der Waals surface area (Å²) in [5.74, 6) is 2.82. The number of hydrogen-bond donors (Lipinski definition) is 1. The van der Waals surface area contributed by atoms with Crippen LogP contribution in [0.1, 0.15) is 30.9 Å². The second-order valence-electron chi connectivity index (χ2n) is 6.77. The highest BCUT2D eigenvalue weighted by Gasteiger charge is 2.20. The Morgan fingerprint density at radius 1 is 1.11 bits per heavy atom. The fourth-order valence-corrected chi connectivity index (χ4v) is 4.30. The van der Waals surface area contributed by atoms with Gasteiger partial charge in [0.15, 0.2) is 11.1 Å². The summed E-state index contributed by atoms with van der Waals surface area (Å²) in [4.78, 5) is 13.4. The minimum absolute atomic E-state index is 0. The number of nitrogens with two attached hydrogens (primary N) is 1. The quantitative estimate of drug-likeness (QED) is 0.390. The van der Waals surface area contributed by atoms with Gasteiger partial charge in [0.1, 0.15) is 11.6 Å². The Labute approximate surface area is 180 Å². The molecule has 0 radical (unpaired) electrons. The second-order valence-corrected chi connectivity index (χ2v) is 7.65.